The molecule has 1 aromatic rings. The molecule has 0 spiro atoms. The van der Waals surface area contributed by atoms with E-state index in [1.54, 1.807) is 0 Å². The van der Waals surface area contributed by atoms with E-state index in [9.17, 15) is 18.0 Å². The van der Waals surface area contributed by atoms with Gasteiger partial charge >= 0.3 is 6.18 Å². The lowest BCUT2D eigenvalue weighted by Gasteiger charge is -2.26. The molecule has 0 N–H and O–H groups in total. The van der Waals surface area contributed by atoms with Crippen molar-refractivity contribution in [3.8, 4) is 0 Å². The molecule has 2 nitrogen and oxygen atoms in total. The highest BCUT2D eigenvalue weighted by molar-refractivity contribution is 8.00. The van der Waals surface area contributed by atoms with Crippen LogP contribution in [0.3, 0.4) is 0 Å². The second kappa shape index (κ2) is 5.06. The Labute approximate surface area is 119 Å². The number of nitrogens with zero attached hydrogens (tertiary/aromatic N) is 1. The number of Topliss-reactive ketones (excluding diaryl/α,β-unsaturated/α-hetero) is 1. The fourth-order valence-corrected chi connectivity index (χ4v) is 4.81. The molecule has 0 aliphatic carbocycles. The van der Waals surface area contributed by atoms with Gasteiger partial charge in [-0.05, 0) is 31.7 Å². The van der Waals surface area contributed by atoms with Gasteiger partial charge in [0, 0.05) is 34.4 Å². The van der Waals surface area contributed by atoms with Gasteiger partial charge in [0.15, 0.2) is 5.78 Å². The lowest BCUT2D eigenvalue weighted by atomic mass is 9.90. The molecule has 0 amide bonds. The van der Waals surface area contributed by atoms with Gasteiger partial charge in [-0.15, -0.1) is 0 Å². The van der Waals surface area contributed by atoms with E-state index >= 15 is 0 Å². The molecule has 2 atom stereocenters. The first-order valence-corrected chi connectivity index (χ1v) is 7.59. The summed E-state index contributed by atoms with van der Waals surface area (Å²) in [5.41, 5.74) is -0.757. The largest absolute Gasteiger partial charge is 0.417 e. The first-order valence-electron chi connectivity index (χ1n) is 6.65. The third-order valence-electron chi connectivity index (χ3n) is 4.01. The number of carbonyl (C=O) groups is 1. The second-order valence-corrected chi connectivity index (χ2v) is 7.06. The predicted molar refractivity (Wildman–Crippen MR) is 70.7 cm³/mol. The number of thioether (sulfide) groups is 1. The van der Waals surface area contributed by atoms with Crippen molar-refractivity contribution in [3.63, 3.8) is 0 Å². The van der Waals surface area contributed by atoms with Gasteiger partial charge in [-0.2, -0.15) is 24.9 Å². The maximum Gasteiger partial charge on any atom is 0.417 e. The molecule has 0 aromatic carbocycles. The Hall–Kier alpha value is -1.04. The van der Waals surface area contributed by atoms with Crippen molar-refractivity contribution in [2.75, 3.05) is 0 Å². The maximum absolute atomic E-state index is 12.7. The number of hydrogen-bond donors (Lipinski definition) is 0. The van der Waals surface area contributed by atoms with Crippen LogP contribution < -0.4 is 0 Å². The lowest BCUT2D eigenvalue weighted by Crippen LogP contribution is -2.25. The number of halogens is 3. The van der Waals surface area contributed by atoms with Crippen LogP contribution in [0.5, 0.6) is 0 Å². The van der Waals surface area contributed by atoms with Crippen LogP contribution in [0.25, 0.3) is 0 Å². The zero-order valence-corrected chi connectivity index (χ0v) is 11.5. The van der Waals surface area contributed by atoms with Crippen molar-refractivity contribution in [3.05, 3.63) is 29.6 Å². The Balaban J connectivity index is 1.80. The van der Waals surface area contributed by atoms with Crippen molar-refractivity contribution in [2.45, 2.75) is 42.4 Å². The molecule has 2 bridgehead atoms. The van der Waals surface area contributed by atoms with Crippen molar-refractivity contribution >= 4 is 17.5 Å². The molecule has 2 saturated heterocycles. The summed E-state index contributed by atoms with van der Waals surface area (Å²) in [5.74, 6) is -0.320. The topological polar surface area (TPSA) is 30.0 Å². The van der Waals surface area contributed by atoms with Gasteiger partial charge in [-0.1, -0.05) is 0 Å². The third-order valence-corrected chi connectivity index (χ3v) is 5.64. The summed E-state index contributed by atoms with van der Waals surface area (Å²) in [7, 11) is 0. The number of hydrogen-bond acceptors (Lipinski definition) is 3. The molecule has 3 heterocycles. The van der Waals surface area contributed by atoms with Crippen LogP contribution in [0.1, 0.15) is 41.6 Å². The summed E-state index contributed by atoms with van der Waals surface area (Å²) < 4.78 is 38.0. The highest BCUT2D eigenvalue weighted by atomic mass is 32.2. The number of ketones is 1. The average molecular weight is 301 g/mol. The zero-order chi connectivity index (χ0) is 14.3. The van der Waals surface area contributed by atoms with Gasteiger partial charge in [0.2, 0.25) is 0 Å². The Kier molecular flexibility index (Phi) is 3.52. The fraction of sp³-hybridized carbons (Fsp3) is 0.571. The van der Waals surface area contributed by atoms with Crippen LogP contribution in [-0.4, -0.2) is 21.3 Å². The molecule has 2 aliphatic heterocycles. The summed E-state index contributed by atoms with van der Waals surface area (Å²) in [4.78, 5) is 16.0. The summed E-state index contributed by atoms with van der Waals surface area (Å²) in [6.45, 7) is 0. The molecule has 2 aliphatic rings. The zero-order valence-electron chi connectivity index (χ0n) is 10.7. The van der Waals surface area contributed by atoms with Gasteiger partial charge in [-0.3, -0.25) is 9.78 Å². The third kappa shape index (κ3) is 2.71. The van der Waals surface area contributed by atoms with E-state index < -0.39 is 11.7 Å². The van der Waals surface area contributed by atoms with Crippen LogP contribution in [0.2, 0.25) is 0 Å². The number of aromatic nitrogens is 1. The number of rotatable bonds is 2. The standard InChI is InChI=1S/C14H14F3NOS/c15-14(16,17)10-3-9(6-18-7-10)13(19)8-4-11-1-2-12(5-8)20-11/h3,6-8,11-12H,1-2,4-5H2. The molecule has 108 valence electrons. The van der Waals surface area contributed by atoms with E-state index in [1.165, 1.54) is 6.20 Å². The van der Waals surface area contributed by atoms with Crippen LogP contribution in [0.15, 0.2) is 18.5 Å². The monoisotopic (exact) mass is 301 g/mol. The highest BCUT2D eigenvalue weighted by Gasteiger charge is 2.38. The molecular formula is C14H14F3NOS. The number of pyridine rings is 1. The highest BCUT2D eigenvalue weighted by Crippen LogP contribution is 2.46. The van der Waals surface area contributed by atoms with Gasteiger partial charge in [0.25, 0.3) is 0 Å². The van der Waals surface area contributed by atoms with Crippen molar-refractivity contribution in [1.29, 1.82) is 0 Å². The Morgan fingerprint density at radius 2 is 1.85 bits per heavy atom. The quantitative estimate of drug-likeness (QED) is 0.775. The minimum atomic E-state index is -4.45. The van der Waals surface area contributed by atoms with Crippen molar-refractivity contribution in [2.24, 2.45) is 5.92 Å². The van der Waals surface area contributed by atoms with E-state index in [-0.39, 0.29) is 17.3 Å². The molecule has 2 unspecified atom stereocenters. The normalized spacial score (nSPS) is 29.4. The smallest absolute Gasteiger partial charge is 0.294 e. The summed E-state index contributed by atoms with van der Waals surface area (Å²) in [5, 5.41) is 1.00. The number of carbonyl (C=O) groups excluding carboxylic acids is 1. The molecule has 1 aromatic heterocycles. The van der Waals surface area contributed by atoms with Gasteiger partial charge in [0.05, 0.1) is 5.56 Å². The van der Waals surface area contributed by atoms with Gasteiger partial charge in [0.1, 0.15) is 0 Å². The summed E-state index contributed by atoms with van der Waals surface area (Å²) in [6.07, 6.45) is 1.38. The van der Waals surface area contributed by atoms with E-state index in [4.69, 9.17) is 0 Å². The molecule has 2 fully saturated rings. The Morgan fingerprint density at radius 1 is 1.20 bits per heavy atom. The van der Waals surface area contributed by atoms with Gasteiger partial charge < -0.3 is 0 Å². The predicted octanol–water partition coefficient (Wildman–Crippen LogP) is 3.96. The fourth-order valence-electron chi connectivity index (χ4n) is 3.04. The molecule has 20 heavy (non-hydrogen) atoms. The Bertz CT molecular complexity index is 519. The molecule has 0 saturated carbocycles. The SMILES string of the molecule is O=C(c1cncc(C(F)(F)F)c1)C1CC2CCC(C1)S2. The van der Waals surface area contributed by atoms with Crippen LogP contribution >= 0.6 is 11.8 Å². The summed E-state index contributed by atoms with van der Waals surface area (Å²) in [6, 6.07) is 0.930. The van der Waals surface area contributed by atoms with E-state index in [1.807, 2.05) is 11.8 Å². The molecule has 3 rings (SSSR count). The minimum Gasteiger partial charge on any atom is -0.294 e. The van der Waals surface area contributed by atoms with Gasteiger partial charge in [-0.25, -0.2) is 0 Å². The van der Waals surface area contributed by atoms with Crippen LogP contribution in [-0.2, 0) is 6.18 Å². The Morgan fingerprint density at radius 3 is 2.45 bits per heavy atom. The van der Waals surface area contributed by atoms with Crippen LogP contribution in [0, 0.1) is 5.92 Å². The first kappa shape index (κ1) is 13.9. The first-order chi connectivity index (χ1) is 9.43. The van der Waals surface area contributed by atoms with Crippen LogP contribution in [0.4, 0.5) is 13.2 Å². The average Bonchev–Trinajstić information content (AvgIpc) is 2.76. The number of alkyl halides is 3. The second-order valence-electron chi connectivity index (χ2n) is 5.45. The van der Waals surface area contributed by atoms with E-state index in [0.717, 1.165) is 37.9 Å². The minimum absolute atomic E-state index is 0.0936. The lowest BCUT2D eigenvalue weighted by molar-refractivity contribution is -0.137. The van der Waals surface area contributed by atoms with E-state index in [0.29, 0.717) is 10.5 Å². The molecule has 6 heteroatoms. The summed E-state index contributed by atoms with van der Waals surface area (Å²) >= 11 is 1.93. The van der Waals surface area contributed by atoms with Crippen molar-refractivity contribution < 1.29 is 18.0 Å². The number of fused-ring (bicyclic) bond motifs is 2. The maximum atomic E-state index is 12.7. The molecule has 0 radical (unpaired) electrons. The van der Waals surface area contributed by atoms with Crippen molar-refractivity contribution in [1.82, 2.24) is 4.98 Å². The van der Waals surface area contributed by atoms with E-state index in [2.05, 4.69) is 4.98 Å². The molecular weight excluding hydrogens is 287 g/mol.